The topological polar surface area (TPSA) is 126 Å². The normalized spacial score (nSPS) is 19.5. The average Bonchev–Trinajstić information content (AvgIpc) is 3.84. The molecule has 254 valence electrons. The predicted octanol–water partition coefficient (Wildman–Crippen LogP) is 8.27. The van der Waals surface area contributed by atoms with Gasteiger partial charge >= 0.3 is 12.2 Å². The van der Waals surface area contributed by atoms with Crippen molar-refractivity contribution >= 4 is 23.5 Å². The van der Waals surface area contributed by atoms with Gasteiger partial charge in [0.25, 0.3) is 0 Å². The van der Waals surface area contributed by atoms with Gasteiger partial charge in [-0.3, -0.25) is 9.80 Å². The lowest BCUT2D eigenvalue weighted by atomic mass is 10.0. The van der Waals surface area contributed by atoms with E-state index in [1.165, 1.54) is 10.4 Å². The molecule has 0 spiro atoms. The summed E-state index contributed by atoms with van der Waals surface area (Å²) in [5.41, 5.74) is 3.99. The van der Waals surface area contributed by atoms with Crippen molar-refractivity contribution < 1.29 is 23.8 Å². The summed E-state index contributed by atoms with van der Waals surface area (Å²) in [6.45, 7) is 13.2. The van der Waals surface area contributed by atoms with Crippen LogP contribution in [-0.2, 0) is 15.9 Å². The third kappa shape index (κ3) is 6.54. The van der Waals surface area contributed by atoms with Gasteiger partial charge in [0, 0.05) is 35.5 Å². The maximum absolute atomic E-state index is 12.9. The van der Waals surface area contributed by atoms with Crippen LogP contribution in [0.15, 0.2) is 36.7 Å². The number of aromatic amines is 2. The number of imidazole rings is 2. The van der Waals surface area contributed by atoms with Crippen LogP contribution in [0, 0.1) is 0 Å². The molecule has 12 heteroatoms. The minimum atomic E-state index is -0.550. The molecule has 6 heterocycles. The number of carbonyl (C=O) groups excluding carboxylic acids is 2. The van der Waals surface area contributed by atoms with E-state index in [0.717, 1.165) is 76.9 Å². The number of thiophene rings is 1. The number of ether oxygens (including phenoxy) is 3. The molecule has 0 unspecified atom stereocenters. The lowest BCUT2D eigenvalue weighted by molar-refractivity contribution is 0.0208. The van der Waals surface area contributed by atoms with E-state index >= 15 is 0 Å². The van der Waals surface area contributed by atoms with Gasteiger partial charge in [0.2, 0.25) is 0 Å². The number of fused-ring (bicyclic) bond motifs is 3. The minimum absolute atomic E-state index is 0.129. The van der Waals surface area contributed by atoms with E-state index in [-0.39, 0.29) is 24.3 Å². The van der Waals surface area contributed by atoms with E-state index in [2.05, 4.69) is 39.2 Å². The number of hydrogen-bond acceptors (Lipinski definition) is 8. The molecule has 0 aliphatic carbocycles. The first kappa shape index (κ1) is 32.2. The Balaban J connectivity index is 1.10. The third-order valence-electron chi connectivity index (χ3n) is 8.82. The molecular formula is C36H44N6O5S. The van der Waals surface area contributed by atoms with Crippen LogP contribution >= 0.6 is 11.3 Å². The van der Waals surface area contributed by atoms with E-state index in [1.54, 1.807) is 21.1 Å². The van der Waals surface area contributed by atoms with Crippen LogP contribution < -0.4 is 4.74 Å². The Bertz CT molecular complexity index is 1830. The molecule has 2 fully saturated rings. The van der Waals surface area contributed by atoms with Crippen molar-refractivity contribution in [1.29, 1.82) is 0 Å². The van der Waals surface area contributed by atoms with Gasteiger partial charge in [-0.15, -0.1) is 11.3 Å². The van der Waals surface area contributed by atoms with Gasteiger partial charge in [0.05, 0.1) is 47.3 Å². The van der Waals surface area contributed by atoms with Crippen molar-refractivity contribution in [3.05, 3.63) is 53.9 Å². The smallest absolute Gasteiger partial charge is 0.410 e. The highest BCUT2D eigenvalue weighted by Gasteiger charge is 2.36. The summed E-state index contributed by atoms with van der Waals surface area (Å²) in [4.78, 5) is 48.0. The van der Waals surface area contributed by atoms with Crippen molar-refractivity contribution in [3.8, 4) is 38.0 Å². The standard InChI is InChI=1S/C36H44N6O5S/c1-35(2,3)46-33(43)41-14-7-9-26(41)31-37-19-24(39-31)21-11-12-23-28(17-21)45-16-13-22-18-29(48-30(22)23)25-20-38-32(40-25)27-10-8-15-42(27)34(44)47-36(4,5)6/h11-12,17-20,26-27H,7-10,13-16H2,1-6H3,(H,37,39)(H,38,40)/t26-,27-/m0/s1. The molecule has 3 aliphatic heterocycles. The molecule has 2 amide bonds. The van der Waals surface area contributed by atoms with Crippen molar-refractivity contribution in [2.45, 2.75) is 96.9 Å². The second-order valence-corrected chi connectivity index (χ2v) is 15.9. The number of likely N-dealkylation sites (tertiary alicyclic amines) is 2. The summed E-state index contributed by atoms with van der Waals surface area (Å²) < 4.78 is 17.6. The molecule has 4 aromatic rings. The summed E-state index contributed by atoms with van der Waals surface area (Å²) in [5.74, 6) is 2.38. The molecule has 0 bridgehead atoms. The number of carbonyl (C=O) groups is 2. The van der Waals surface area contributed by atoms with Crippen LogP contribution in [0.1, 0.15) is 96.5 Å². The lowest BCUT2D eigenvalue weighted by Crippen LogP contribution is -2.36. The molecule has 2 saturated heterocycles. The molecule has 11 nitrogen and oxygen atoms in total. The quantitative estimate of drug-likeness (QED) is 0.224. The Labute approximate surface area is 285 Å². The second kappa shape index (κ2) is 12.3. The van der Waals surface area contributed by atoms with E-state index in [0.29, 0.717) is 19.7 Å². The first-order valence-corrected chi connectivity index (χ1v) is 17.6. The Morgan fingerprint density at radius 1 is 0.854 bits per heavy atom. The Hall–Kier alpha value is -4.32. The molecule has 2 N–H and O–H groups in total. The molecule has 2 atom stereocenters. The predicted molar refractivity (Wildman–Crippen MR) is 184 cm³/mol. The molecule has 3 aromatic heterocycles. The molecule has 0 saturated carbocycles. The number of rotatable bonds is 4. The van der Waals surface area contributed by atoms with Crippen LogP contribution in [0.2, 0.25) is 0 Å². The van der Waals surface area contributed by atoms with Gasteiger partial charge < -0.3 is 24.2 Å². The van der Waals surface area contributed by atoms with E-state index in [4.69, 9.17) is 19.2 Å². The SMILES string of the molecule is CC(C)(C)OC(=O)N1CCC[C@H]1c1ncc(-c2ccc3c(c2)OCCc2cc(-c4cnc([C@@H]5CCCN5C(=O)OC(C)(C)C)[nH]4)sc2-3)[nH]1. The monoisotopic (exact) mass is 672 g/mol. The molecule has 7 rings (SSSR count). The zero-order valence-electron chi connectivity index (χ0n) is 28.5. The average molecular weight is 673 g/mol. The number of nitrogens with zero attached hydrogens (tertiary/aromatic N) is 4. The van der Waals surface area contributed by atoms with Crippen LogP contribution in [0.5, 0.6) is 5.75 Å². The minimum Gasteiger partial charge on any atom is -0.493 e. The summed E-state index contributed by atoms with van der Waals surface area (Å²) in [6.07, 6.45) is 7.40. The maximum Gasteiger partial charge on any atom is 0.410 e. The number of H-pyrrole nitrogens is 2. The molecule has 1 aromatic carbocycles. The zero-order chi connectivity index (χ0) is 33.8. The molecule has 3 aliphatic rings. The fourth-order valence-corrected chi connectivity index (χ4v) is 7.91. The van der Waals surface area contributed by atoms with Crippen LogP contribution in [-0.4, -0.2) is 72.8 Å². The van der Waals surface area contributed by atoms with Gasteiger partial charge in [0.15, 0.2) is 0 Å². The van der Waals surface area contributed by atoms with Crippen molar-refractivity contribution in [2.75, 3.05) is 19.7 Å². The highest BCUT2D eigenvalue weighted by Crippen LogP contribution is 2.45. The fourth-order valence-electron chi connectivity index (χ4n) is 6.71. The van der Waals surface area contributed by atoms with Crippen LogP contribution in [0.3, 0.4) is 0 Å². The number of nitrogens with one attached hydrogen (secondary N) is 2. The van der Waals surface area contributed by atoms with Gasteiger partial charge in [0.1, 0.15) is 28.6 Å². The molecule has 0 radical (unpaired) electrons. The highest BCUT2D eigenvalue weighted by molar-refractivity contribution is 7.19. The van der Waals surface area contributed by atoms with Crippen LogP contribution in [0.25, 0.3) is 32.3 Å². The Kier molecular flexibility index (Phi) is 8.25. The van der Waals surface area contributed by atoms with Gasteiger partial charge in [-0.25, -0.2) is 19.6 Å². The highest BCUT2D eigenvalue weighted by atomic mass is 32.1. The third-order valence-corrected chi connectivity index (χ3v) is 10.1. The second-order valence-electron chi connectivity index (χ2n) is 14.8. The Morgan fingerprint density at radius 2 is 1.44 bits per heavy atom. The first-order chi connectivity index (χ1) is 22.8. The van der Waals surface area contributed by atoms with Crippen molar-refractivity contribution in [2.24, 2.45) is 0 Å². The number of benzene rings is 1. The summed E-state index contributed by atoms with van der Waals surface area (Å²) in [6, 6.07) is 8.23. The number of amides is 2. The molecule has 48 heavy (non-hydrogen) atoms. The summed E-state index contributed by atoms with van der Waals surface area (Å²) in [5, 5.41) is 0. The number of hydrogen-bond donors (Lipinski definition) is 2. The van der Waals surface area contributed by atoms with E-state index < -0.39 is 11.2 Å². The van der Waals surface area contributed by atoms with Crippen molar-refractivity contribution in [3.63, 3.8) is 0 Å². The maximum atomic E-state index is 12.9. The van der Waals surface area contributed by atoms with Crippen molar-refractivity contribution in [1.82, 2.24) is 29.7 Å². The van der Waals surface area contributed by atoms with E-state index in [1.807, 2.05) is 53.9 Å². The summed E-state index contributed by atoms with van der Waals surface area (Å²) in [7, 11) is 0. The largest absolute Gasteiger partial charge is 0.493 e. The molecular weight excluding hydrogens is 629 g/mol. The fraction of sp³-hybridized carbons (Fsp3) is 0.500. The van der Waals surface area contributed by atoms with Gasteiger partial charge in [-0.1, -0.05) is 6.07 Å². The van der Waals surface area contributed by atoms with Crippen LogP contribution in [0.4, 0.5) is 9.59 Å². The Morgan fingerprint density at radius 3 is 2.04 bits per heavy atom. The van der Waals surface area contributed by atoms with Gasteiger partial charge in [-0.2, -0.15) is 0 Å². The summed E-state index contributed by atoms with van der Waals surface area (Å²) >= 11 is 1.72. The lowest BCUT2D eigenvalue weighted by Gasteiger charge is -2.27. The first-order valence-electron chi connectivity index (χ1n) is 16.8. The number of aromatic nitrogens is 4. The van der Waals surface area contributed by atoms with E-state index in [9.17, 15) is 9.59 Å². The van der Waals surface area contributed by atoms with Gasteiger partial charge in [-0.05, 0) is 91.0 Å². The zero-order valence-corrected chi connectivity index (χ0v) is 29.3.